The van der Waals surface area contributed by atoms with Crippen LogP contribution in [-0.4, -0.2) is 6.41 Å². The maximum Gasteiger partial charge on any atom is 0.416 e. The summed E-state index contributed by atoms with van der Waals surface area (Å²) >= 11 is 3.13. The molecule has 23 heavy (non-hydrogen) atoms. The molecule has 1 amide bonds. The van der Waals surface area contributed by atoms with E-state index in [1.807, 2.05) is 0 Å². The van der Waals surface area contributed by atoms with Gasteiger partial charge in [0.1, 0.15) is 0 Å². The van der Waals surface area contributed by atoms with Gasteiger partial charge in [0, 0.05) is 4.47 Å². The molecule has 0 radical (unpaired) electrons. The van der Waals surface area contributed by atoms with Crippen molar-refractivity contribution in [3.05, 3.63) is 52.0 Å². The van der Waals surface area contributed by atoms with Gasteiger partial charge in [0.05, 0.1) is 11.3 Å². The fourth-order valence-electron chi connectivity index (χ4n) is 1.70. The van der Waals surface area contributed by atoms with Crippen LogP contribution in [0.5, 0.6) is 11.5 Å². The van der Waals surface area contributed by atoms with Crippen LogP contribution in [0, 0.1) is 11.6 Å². The monoisotopic (exact) mass is 395 g/mol. The van der Waals surface area contributed by atoms with E-state index in [0.29, 0.717) is 10.9 Å². The summed E-state index contributed by atoms with van der Waals surface area (Å²) < 4.78 is 70.5. The van der Waals surface area contributed by atoms with Crippen molar-refractivity contribution in [3.8, 4) is 11.5 Å². The summed E-state index contributed by atoms with van der Waals surface area (Å²) in [5, 5.41) is 2.25. The molecule has 0 aromatic heterocycles. The smallest absolute Gasteiger partial charge is 0.416 e. The zero-order chi connectivity index (χ0) is 17.2. The molecular formula is C14H7BrF5NO2. The maximum atomic E-state index is 13.8. The number of anilines is 1. The van der Waals surface area contributed by atoms with Crippen molar-refractivity contribution in [1.82, 2.24) is 0 Å². The number of halogens is 6. The topological polar surface area (TPSA) is 38.3 Å². The Labute approximate surface area is 135 Å². The first-order valence-electron chi connectivity index (χ1n) is 5.96. The van der Waals surface area contributed by atoms with Gasteiger partial charge in [0.15, 0.2) is 23.1 Å². The Balaban J connectivity index is 2.43. The lowest BCUT2D eigenvalue weighted by Gasteiger charge is -2.14. The van der Waals surface area contributed by atoms with Gasteiger partial charge >= 0.3 is 6.18 Å². The van der Waals surface area contributed by atoms with Crippen LogP contribution < -0.4 is 10.1 Å². The SMILES string of the molecule is O=CNc1cc(Br)ccc1Oc1c(F)cc(C(F)(F)F)cc1F. The summed E-state index contributed by atoms with van der Waals surface area (Å²) in [5.74, 6) is -4.18. The molecule has 122 valence electrons. The predicted octanol–water partition coefficient (Wildman–Crippen LogP) is 5.11. The molecule has 0 aliphatic rings. The number of amides is 1. The van der Waals surface area contributed by atoms with E-state index in [-0.39, 0.29) is 23.6 Å². The van der Waals surface area contributed by atoms with Gasteiger partial charge in [0.2, 0.25) is 6.41 Å². The molecule has 1 N–H and O–H groups in total. The summed E-state index contributed by atoms with van der Waals surface area (Å²) in [6, 6.07) is 4.40. The van der Waals surface area contributed by atoms with Crippen molar-refractivity contribution in [2.24, 2.45) is 0 Å². The maximum absolute atomic E-state index is 13.8. The van der Waals surface area contributed by atoms with Crippen molar-refractivity contribution in [2.75, 3.05) is 5.32 Å². The molecule has 0 heterocycles. The largest absolute Gasteiger partial charge is 0.449 e. The summed E-state index contributed by atoms with van der Waals surface area (Å²) in [5.41, 5.74) is -1.39. The van der Waals surface area contributed by atoms with E-state index in [4.69, 9.17) is 4.74 Å². The van der Waals surface area contributed by atoms with Crippen LogP contribution in [0.4, 0.5) is 27.6 Å². The third-order valence-corrected chi connectivity index (χ3v) is 3.19. The highest BCUT2D eigenvalue weighted by Crippen LogP contribution is 2.37. The minimum atomic E-state index is -4.89. The fraction of sp³-hybridized carbons (Fsp3) is 0.0714. The Hall–Kier alpha value is -2.16. The van der Waals surface area contributed by atoms with E-state index in [0.717, 1.165) is 0 Å². The van der Waals surface area contributed by atoms with Crippen LogP contribution in [-0.2, 0) is 11.0 Å². The van der Waals surface area contributed by atoms with Crippen molar-refractivity contribution >= 4 is 28.0 Å². The number of benzene rings is 2. The number of alkyl halides is 3. The second kappa shape index (κ2) is 6.53. The van der Waals surface area contributed by atoms with Crippen molar-refractivity contribution < 1.29 is 31.5 Å². The molecule has 0 aliphatic carbocycles. The molecule has 0 unspecified atom stereocenters. The minimum Gasteiger partial charge on any atom is -0.449 e. The van der Waals surface area contributed by atoms with Gasteiger partial charge in [0.25, 0.3) is 0 Å². The Morgan fingerprint density at radius 3 is 2.22 bits per heavy atom. The molecule has 0 saturated heterocycles. The van der Waals surface area contributed by atoms with E-state index >= 15 is 0 Å². The highest BCUT2D eigenvalue weighted by atomic mass is 79.9. The first kappa shape index (κ1) is 17.2. The molecule has 2 aromatic rings. The summed E-state index contributed by atoms with van der Waals surface area (Å²) in [4.78, 5) is 10.5. The van der Waals surface area contributed by atoms with Gasteiger partial charge in [-0.05, 0) is 30.3 Å². The van der Waals surface area contributed by atoms with Gasteiger partial charge in [-0.3, -0.25) is 4.79 Å². The van der Waals surface area contributed by atoms with E-state index in [2.05, 4.69) is 21.2 Å². The van der Waals surface area contributed by atoms with E-state index < -0.39 is 29.1 Å². The number of hydrogen-bond donors (Lipinski definition) is 1. The Kier molecular flexibility index (Phi) is 4.88. The number of ether oxygens (including phenoxy) is 1. The van der Waals surface area contributed by atoms with Gasteiger partial charge < -0.3 is 10.1 Å². The van der Waals surface area contributed by atoms with Crippen LogP contribution in [0.15, 0.2) is 34.8 Å². The molecule has 9 heteroatoms. The predicted molar refractivity (Wildman–Crippen MR) is 75.3 cm³/mol. The highest BCUT2D eigenvalue weighted by molar-refractivity contribution is 9.10. The fourth-order valence-corrected chi connectivity index (χ4v) is 2.06. The molecule has 2 aromatic carbocycles. The highest BCUT2D eigenvalue weighted by Gasteiger charge is 2.33. The molecule has 3 nitrogen and oxygen atoms in total. The minimum absolute atomic E-state index is 0.0769. The Bertz CT molecular complexity index is 725. The number of nitrogens with one attached hydrogen (secondary N) is 1. The number of rotatable bonds is 4. The van der Waals surface area contributed by atoms with Gasteiger partial charge in [-0.25, -0.2) is 8.78 Å². The van der Waals surface area contributed by atoms with Crippen LogP contribution in [0.1, 0.15) is 5.56 Å². The second-order valence-corrected chi connectivity index (χ2v) is 5.19. The van der Waals surface area contributed by atoms with E-state index in [1.54, 1.807) is 0 Å². The molecule has 0 atom stereocenters. The quantitative estimate of drug-likeness (QED) is 0.577. The Morgan fingerprint density at radius 1 is 1.09 bits per heavy atom. The molecule has 0 bridgehead atoms. The van der Waals surface area contributed by atoms with E-state index in [9.17, 15) is 26.7 Å². The molecule has 0 spiro atoms. The molecule has 0 saturated carbocycles. The molecular weight excluding hydrogens is 389 g/mol. The lowest BCUT2D eigenvalue weighted by molar-refractivity contribution is -0.138. The summed E-state index contributed by atoms with van der Waals surface area (Å²) in [7, 11) is 0. The van der Waals surface area contributed by atoms with Crippen LogP contribution in [0.25, 0.3) is 0 Å². The lowest BCUT2D eigenvalue weighted by Crippen LogP contribution is -2.07. The molecule has 0 fully saturated rings. The summed E-state index contributed by atoms with van der Waals surface area (Å²) in [6.45, 7) is 0. The third kappa shape index (κ3) is 3.98. The zero-order valence-corrected chi connectivity index (χ0v) is 12.6. The van der Waals surface area contributed by atoms with Gasteiger partial charge in [-0.2, -0.15) is 13.2 Å². The second-order valence-electron chi connectivity index (χ2n) is 4.27. The van der Waals surface area contributed by atoms with Gasteiger partial charge in [-0.15, -0.1) is 0 Å². The normalized spacial score (nSPS) is 11.2. The Morgan fingerprint density at radius 2 is 1.70 bits per heavy atom. The third-order valence-electron chi connectivity index (χ3n) is 2.69. The first-order valence-corrected chi connectivity index (χ1v) is 6.75. The average Bonchev–Trinajstić information content (AvgIpc) is 2.44. The molecule has 2 rings (SSSR count). The van der Waals surface area contributed by atoms with Crippen molar-refractivity contribution in [2.45, 2.75) is 6.18 Å². The number of hydrogen-bond acceptors (Lipinski definition) is 2. The lowest BCUT2D eigenvalue weighted by atomic mass is 10.2. The van der Waals surface area contributed by atoms with Crippen LogP contribution in [0.2, 0.25) is 0 Å². The van der Waals surface area contributed by atoms with Crippen molar-refractivity contribution in [3.63, 3.8) is 0 Å². The zero-order valence-electron chi connectivity index (χ0n) is 11.0. The summed E-state index contributed by atoms with van der Waals surface area (Å²) in [6.07, 6.45) is -4.57. The van der Waals surface area contributed by atoms with Crippen LogP contribution in [0.3, 0.4) is 0 Å². The standard InChI is InChI=1S/C14H7BrF5NO2/c15-8-1-2-12(11(5-8)21-6-22)23-13-9(16)3-7(4-10(13)17)14(18,19)20/h1-6H,(H,21,22). The first-order chi connectivity index (χ1) is 10.7. The van der Waals surface area contributed by atoms with Crippen molar-refractivity contribution in [1.29, 1.82) is 0 Å². The number of carbonyl (C=O) groups is 1. The van der Waals surface area contributed by atoms with Gasteiger partial charge in [-0.1, -0.05) is 15.9 Å². The molecule has 0 aliphatic heterocycles. The van der Waals surface area contributed by atoms with Crippen LogP contribution >= 0.6 is 15.9 Å². The van der Waals surface area contributed by atoms with E-state index in [1.165, 1.54) is 18.2 Å². The number of carbonyl (C=O) groups excluding carboxylic acids is 1. The average molecular weight is 396 g/mol.